The zero-order valence-corrected chi connectivity index (χ0v) is 11.5. The number of rotatable bonds is 6. The Bertz CT molecular complexity index is 393. The Morgan fingerprint density at radius 2 is 1.95 bits per heavy atom. The Hall–Kier alpha value is -0.970. The fourth-order valence-electron chi connectivity index (χ4n) is 2.60. The molecule has 0 spiro atoms. The summed E-state index contributed by atoms with van der Waals surface area (Å²) >= 11 is 0. The average molecular weight is 266 g/mol. The molecule has 0 amide bonds. The number of benzene rings is 1. The molecule has 0 bridgehead atoms. The lowest BCUT2D eigenvalue weighted by Gasteiger charge is -2.24. The Morgan fingerprint density at radius 1 is 1.26 bits per heavy atom. The predicted octanol–water partition coefficient (Wildman–Crippen LogP) is 1.93. The van der Waals surface area contributed by atoms with Crippen molar-refractivity contribution in [3.63, 3.8) is 0 Å². The molecule has 1 aliphatic heterocycles. The molecule has 1 heterocycles. The van der Waals surface area contributed by atoms with Crippen LogP contribution in [0.1, 0.15) is 31.4 Å². The number of halogens is 1. The summed E-state index contributed by atoms with van der Waals surface area (Å²) in [6.45, 7) is 5.73. The monoisotopic (exact) mass is 266 g/mol. The second-order valence-corrected chi connectivity index (χ2v) is 5.29. The average Bonchev–Trinajstić information content (AvgIpc) is 2.93. The first-order valence-corrected chi connectivity index (χ1v) is 7.05. The molecule has 2 rings (SSSR count). The van der Waals surface area contributed by atoms with Gasteiger partial charge >= 0.3 is 0 Å². The van der Waals surface area contributed by atoms with Gasteiger partial charge in [-0.1, -0.05) is 18.2 Å². The van der Waals surface area contributed by atoms with E-state index in [4.69, 9.17) is 0 Å². The molecule has 2 N–H and O–H groups in total. The Balaban J connectivity index is 1.74. The fourth-order valence-corrected chi connectivity index (χ4v) is 2.60. The zero-order valence-electron chi connectivity index (χ0n) is 11.5. The number of likely N-dealkylation sites (tertiary alicyclic amines) is 1. The smallest absolute Gasteiger partial charge is 0.129 e. The SMILES string of the molecule is CC(CNCC(O)c1ccccc1F)N1CCCC1. The summed E-state index contributed by atoms with van der Waals surface area (Å²) in [5, 5.41) is 13.2. The quantitative estimate of drug-likeness (QED) is 0.826. The Morgan fingerprint density at radius 3 is 2.63 bits per heavy atom. The van der Waals surface area contributed by atoms with E-state index in [0.717, 1.165) is 6.54 Å². The second kappa shape index (κ2) is 6.98. The van der Waals surface area contributed by atoms with E-state index in [1.807, 2.05) is 0 Å². The van der Waals surface area contributed by atoms with Crippen LogP contribution in [-0.4, -0.2) is 42.2 Å². The van der Waals surface area contributed by atoms with E-state index in [2.05, 4.69) is 17.1 Å². The normalized spacial score (nSPS) is 19.5. The molecular weight excluding hydrogens is 243 g/mol. The maximum Gasteiger partial charge on any atom is 0.129 e. The molecule has 0 aromatic heterocycles. The zero-order chi connectivity index (χ0) is 13.7. The summed E-state index contributed by atoms with van der Waals surface area (Å²) in [5.41, 5.74) is 0.365. The molecule has 3 nitrogen and oxygen atoms in total. The molecule has 1 aliphatic rings. The van der Waals surface area contributed by atoms with Crippen LogP contribution in [0, 0.1) is 5.82 Å². The third-order valence-corrected chi connectivity index (χ3v) is 3.81. The third kappa shape index (κ3) is 4.00. The highest BCUT2D eigenvalue weighted by Gasteiger charge is 2.18. The van der Waals surface area contributed by atoms with Crippen LogP contribution in [0.2, 0.25) is 0 Å². The molecule has 1 saturated heterocycles. The standard InChI is InChI=1S/C15H23FN2O/c1-12(18-8-4-5-9-18)10-17-11-15(19)13-6-2-3-7-14(13)16/h2-3,6-7,12,15,17,19H,4-5,8-11H2,1H3. The largest absolute Gasteiger partial charge is 0.387 e. The number of hydrogen-bond donors (Lipinski definition) is 2. The molecule has 4 heteroatoms. The molecule has 0 aliphatic carbocycles. The van der Waals surface area contributed by atoms with Gasteiger partial charge in [0.2, 0.25) is 0 Å². The molecule has 2 atom stereocenters. The van der Waals surface area contributed by atoms with Crippen molar-refractivity contribution < 1.29 is 9.50 Å². The van der Waals surface area contributed by atoms with Gasteiger partial charge in [0, 0.05) is 24.7 Å². The van der Waals surface area contributed by atoms with E-state index >= 15 is 0 Å². The van der Waals surface area contributed by atoms with Crippen LogP contribution in [0.15, 0.2) is 24.3 Å². The van der Waals surface area contributed by atoms with Gasteiger partial charge in [0.1, 0.15) is 5.82 Å². The fraction of sp³-hybridized carbons (Fsp3) is 0.600. The van der Waals surface area contributed by atoms with Crippen LogP contribution in [0.5, 0.6) is 0 Å². The second-order valence-electron chi connectivity index (χ2n) is 5.29. The minimum Gasteiger partial charge on any atom is -0.387 e. The van der Waals surface area contributed by atoms with Crippen LogP contribution >= 0.6 is 0 Å². The lowest BCUT2D eigenvalue weighted by Crippen LogP contribution is -2.39. The van der Waals surface area contributed by atoms with Gasteiger partial charge in [0.15, 0.2) is 0 Å². The van der Waals surface area contributed by atoms with Crippen LogP contribution in [0.3, 0.4) is 0 Å². The lowest BCUT2D eigenvalue weighted by molar-refractivity contribution is 0.163. The minimum absolute atomic E-state index is 0.343. The van der Waals surface area contributed by atoms with E-state index in [9.17, 15) is 9.50 Å². The van der Waals surface area contributed by atoms with E-state index < -0.39 is 6.10 Å². The van der Waals surface area contributed by atoms with Gasteiger partial charge in [-0.2, -0.15) is 0 Å². The topological polar surface area (TPSA) is 35.5 Å². The van der Waals surface area contributed by atoms with Crippen molar-refractivity contribution in [1.82, 2.24) is 10.2 Å². The number of hydrogen-bond acceptors (Lipinski definition) is 3. The molecule has 106 valence electrons. The summed E-state index contributed by atoms with van der Waals surface area (Å²) in [4.78, 5) is 2.45. The van der Waals surface area contributed by atoms with Crippen LogP contribution in [-0.2, 0) is 0 Å². The van der Waals surface area contributed by atoms with Gasteiger partial charge in [0.25, 0.3) is 0 Å². The third-order valence-electron chi connectivity index (χ3n) is 3.81. The lowest BCUT2D eigenvalue weighted by atomic mass is 10.1. The summed E-state index contributed by atoms with van der Waals surface area (Å²) in [5.74, 6) is -0.343. The highest BCUT2D eigenvalue weighted by Crippen LogP contribution is 2.16. The summed E-state index contributed by atoms with van der Waals surface area (Å²) in [6, 6.07) is 6.86. The molecule has 1 aromatic rings. The van der Waals surface area contributed by atoms with Crippen molar-refractivity contribution in [1.29, 1.82) is 0 Å². The maximum atomic E-state index is 13.5. The van der Waals surface area contributed by atoms with Gasteiger partial charge in [-0.3, -0.25) is 4.90 Å². The highest BCUT2D eigenvalue weighted by atomic mass is 19.1. The van der Waals surface area contributed by atoms with Crippen LogP contribution in [0.25, 0.3) is 0 Å². The summed E-state index contributed by atoms with van der Waals surface area (Å²) < 4.78 is 13.5. The minimum atomic E-state index is -0.785. The van der Waals surface area contributed by atoms with Gasteiger partial charge in [-0.25, -0.2) is 4.39 Å². The van der Waals surface area contributed by atoms with Gasteiger partial charge in [-0.15, -0.1) is 0 Å². The number of nitrogens with one attached hydrogen (secondary N) is 1. The van der Waals surface area contributed by atoms with Gasteiger partial charge in [0.05, 0.1) is 6.10 Å². The van der Waals surface area contributed by atoms with E-state index in [1.54, 1.807) is 18.2 Å². The Labute approximate surface area is 114 Å². The molecule has 19 heavy (non-hydrogen) atoms. The molecule has 2 unspecified atom stereocenters. The number of aliphatic hydroxyl groups excluding tert-OH is 1. The first kappa shape index (κ1) is 14.4. The Kier molecular flexibility index (Phi) is 5.31. The van der Waals surface area contributed by atoms with Gasteiger partial charge < -0.3 is 10.4 Å². The number of nitrogens with zero attached hydrogens (tertiary/aromatic N) is 1. The van der Waals surface area contributed by atoms with Crippen molar-refractivity contribution in [2.75, 3.05) is 26.2 Å². The van der Waals surface area contributed by atoms with Crippen LogP contribution < -0.4 is 5.32 Å². The maximum absolute atomic E-state index is 13.5. The van der Waals surface area contributed by atoms with E-state index in [1.165, 1.54) is 32.0 Å². The van der Waals surface area contributed by atoms with Crippen molar-refractivity contribution >= 4 is 0 Å². The van der Waals surface area contributed by atoms with E-state index in [0.29, 0.717) is 18.2 Å². The first-order chi connectivity index (χ1) is 9.18. The van der Waals surface area contributed by atoms with Crippen LogP contribution in [0.4, 0.5) is 4.39 Å². The molecule has 0 saturated carbocycles. The molecular formula is C15H23FN2O. The first-order valence-electron chi connectivity index (χ1n) is 7.05. The van der Waals surface area contributed by atoms with Gasteiger partial charge in [-0.05, 0) is 38.9 Å². The molecule has 1 aromatic carbocycles. The van der Waals surface area contributed by atoms with Crippen molar-refractivity contribution in [2.24, 2.45) is 0 Å². The van der Waals surface area contributed by atoms with E-state index in [-0.39, 0.29) is 5.82 Å². The predicted molar refractivity (Wildman–Crippen MR) is 74.5 cm³/mol. The van der Waals surface area contributed by atoms with Crippen molar-refractivity contribution in [2.45, 2.75) is 31.9 Å². The molecule has 0 radical (unpaired) electrons. The van der Waals surface area contributed by atoms with Crippen molar-refractivity contribution in [3.8, 4) is 0 Å². The highest BCUT2D eigenvalue weighted by molar-refractivity contribution is 5.19. The molecule has 1 fully saturated rings. The number of aliphatic hydroxyl groups is 1. The summed E-state index contributed by atoms with van der Waals surface area (Å²) in [7, 11) is 0. The summed E-state index contributed by atoms with van der Waals surface area (Å²) in [6.07, 6.45) is 1.77. The van der Waals surface area contributed by atoms with Crippen molar-refractivity contribution in [3.05, 3.63) is 35.6 Å².